The number of rotatable bonds is 7. The number of aromatic hydroxyl groups is 1. The van der Waals surface area contributed by atoms with E-state index in [1.807, 2.05) is 72.8 Å². The molecule has 0 saturated heterocycles. The van der Waals surface area contributed by atoms with Crippen LogP contribution in [0.3, 0.4) is 0 Å². The van der Waals surface area contributed by atoms with Crippen LogP contribution in [0.15, 0.2) is 182 Å². The first kappa shape index (κ1) is 29.2. The van der Waals surface area contributed by atoms with Crippen molar-refractivity contribution in [1.29, 1.82) is 0 Å². The second-order valence-corrected chi connectivity index (χ2v) is 16.2. The lowest BCUT2D eigenvalue weighted by Gasteiger charge is -2.25. The number of aromatic nitrogens is 3. The summed E-state index contributed by atoms with van der Waals surface area (Å²) in [4.78, 5) is 10.2. The van der Waals surface area contributed by atoms with Crippen LogP contribution in [-0.4, -0.2) is 19.6 Å². The van der Waals surface area contributed by atoms with Crippen molar-refractivity contribution in [2.75, 3.05) is 0 Å². The Bertz CT molecular complexity index is 3300. The fraction of sp³-hybridized carbons (Fsp3) is 0.143. The summed E-state index contributed by atoms with van der Waals surface area (Å²) < 4.78 is 75.8. The van der Waals surface area contributed by atoms with Gasteiger partial charge in [-0.05, 0) is 122 Å². The Hall–Kier alpha value is -7.04. The number of pyridine rings is 1. The summed E-state index contributed by atoms with van der Waals surface area (Å²) in [7, 11) is 0. The molecular formula is C56H49N3O. The van der Waals surface area contributed by atoms with Crippen molar-refractivity contribution in [2.24, 2.45) is 0 Å². The minimum Gasteiger partial charge on any atom is -0.507 e. The third-order valence-electron chi connectivity index (χ3n) is 11.0. The highest BCUT2D eigenvalue weighted by Crippen LogP contribution is 2.42. The molecule has 1 N–H and O–H groups in total. The molecule has 0 bridgehead atoms. The molecule has 0 aliphatic heterocycles. The summed E-state index contributed by atoms with van der Waals surface area (Å²) in [5.74, 6) is 0.691. The Balaban J connectivity index is 1.22. The van der Waals surface area contributed by atoms with Crippen LogP contribution in [0.5, 0.6) is 5.75 Å². The van der Waals surface area contributed by atoms with Crippen molar-refractivity contribution in [3.05, 3.63) is 193 Å². The quantitative estimate of drug-likeness (QED) is 0.175. The van der Waals surface area contributed by atoms with Gasteiger partial charge in [0.05, 0.1) is 28.0 Å². The Morgan fingerprint density at radius 1 is 0.500 bits per heavy atom. The highest BCUT2D eigenvalue weighted by Gasteiger charge is 2.26. The van der Waals surface area contributed by atoms with E-state index in [1.54, 1.807) is 36.5 Å². The van der Waals surface area contributed by atoms with E-state index >= 15 is 0 Å². The number of hydrogen-bond acceptors (Lipinski definition) is 3. The maximum Gasteiger partial charge on any atom is 0.149 e. The first-order valence-corrected chi connectivity index (χ1v) is 20.0. The molecule has 0 aliphatic rings. The van der Waals surface area contributed by atoms with Crippen molar-refractivity contribution < 1.29 is 17.4 Å². The van der Waals surface area contributed by atoms with E-state index in [-0.39, 0.29) is 16.7 Å². The third-order valence-corrected chi connectivity index (χ3v) is 11.0. The highest BCUT2D eigenvalue weighted by molar-refractivity contribution is 5.98. The maximum atomic E-state index is 11.4. The SMILES string of the molecule is [2H]C([2H])([2H])C(c1ccc(-c2ccnc(-c3cc(-c4ccccc4)cc(-c4cccc5c4nc(-c4ccccc4O)n5-c4ccc(-c5ccccc5)cc4C(C)(C)C)c3)c2)cc1)(C([2H])([2H])[2H])C([2H])([2H])[2H]. The molecule has 0 radical (unpaired) electrons. The van der Waals surface area contributed by atoms with E-state index < -0.39 is 26.0 Å². The van der Waals surface area contributed by atoms with E-state index in [2.05, 4.69) is 86.0 Å². The normalized spacial score (nSPS) is 14.8. The largest absolute Gasteiger partial charge is 0.507 e. The number of benzene rings is 7. The molecule has 9 rings (SSSR count). The topological polar surface area (TPSA) is 50.9 Å². The van der Waals surface area contributed by atoms with Crippen molar-refractivity contribution in [2.45, 2.75) is 52.2 Å². The van der Waals surface area contributed by atoms with E-state index in [0.717, 1.165) is 61.2 Å². The zero-order chi connectivity index (χ0) is 49.1. The second-order valence-electron chi connectivity index (χ2n) is 16.2. The van der Waals surface area contributed by atoms with Crippen LogP contribution in [0.25, 0.3) is 83.9 Å². The van der Waals surface area contributed by atoms with Crippen LogP contribution in [0, 0.1) is 0 Å². The monoisotopic (exact) mass is 788 g/mol. The van der Waals surface area contributed by atoms with Crippen molar-refractivity contribution >= 4 is 11.0 Å². The van der Waals surface area contributed by atoms with E-state index in [1.165, 1.54) is 12.1 Å². The molecule has 0 fully saturated rings. The molecule has 0 unspecified atom stereocenters. The number of phenolic OH excluding ortho intramolecular Hbond substituents is 1. The fourth-order valence-electron chi connectivity index (χ4n) is 7.97. The van der Waals surface area contributed by atoms with Crippen molar-refractivity contribution in [3.63, 3.8) is 0 Å². The molecule has 0 aliphatic carbocycles. The molecule has 0 saturated carbocycles. The van der Waals surface area contributed by atoms with Gasteiger partial charge in [-0.1, -0.05) is 157 Å². The van der Waals surface area contributed by atoms with E-state index in [9.17, 15) is 5.11 Å². The van der Waals surface area contributed by atoms with Gasteiger partial charge in [-0.25, -0.2) is 4.98 Å². The molecule has 7 aromatic carbocycles. The summed E-state index contributed by atoms with van der Waals surface area (Å²) in [6.07, 6.45) is 1.67. The molecule has 0 spiro atoms. The summed E-state index contributed by atoms with van der Waals surface area (Å²) in [6, 6.07) is 55.9. The first-order valence-electron chi connectivity index (χ1n) is 24.5. The van der Waals surface area contributed by atoms with Crippen LogP contribution < -0.4 is 0 Å². The lowest BCUT2D eigenvalue weighted by Crippen LogP contribution is -2.16. The third kappa shape index (κ3) is 7.42. The van der Waals surface area contributed by atoms with Crippen LogP contribution in [0.4, 0.5) is 0 Å². The Morgan fingerprint density at radius 3 is 1.80 bits per heavy atom. The Kier molecular flexibility index (Phi) is 7.44. The predicted molar refractivity (Wildman–Crippen MR) is 251 cm³/mol. The zero-order valence-corrected chi connectivity index (χ0v) is 33.6. The molecule has 4 nitrogen and oxygen atoms in total. The molecule has 2 aromatic heterocycles. The number of nitrogens with zero attached hydrogens (tertiary/aromatic N) is 3. The van der Waals surface area contributed by atoms with Gasteiger partial charge in [0.25, 0.3) is 0 Å². The summed E-state index contributed by atoms with van der Waals surface area (Å²) in [5.41, 5.74) is 9.04. The molecular weight excluding hydrogens is 731 g/mol. The van der Waals surface area contributed by atoms with E-state index in [0.29, 0.717) is 28.2 Å². The van der Waals surface area contributed by atoms with Crippen LogP contribution in [0.2, 0.25) is 0 Å². The van der Waals surface area contributed by atoms with Crippen LogP contribution in [0.1, 0.15) is 64.8 Å². The first-order chi connectivity index (χ1) is 32.7. The van der Waals surface area contributed by atoms with Gasteiger partial charge >= 0.3 is 0 Å². The highest BCUT2D eigenvalue weighted by atomic mass is 16.3. The standard InChI is InChI=1S/C56H49N3O/c1-55(2,3)45-27-24-39(25-28-45)41-30-31-57-49(36-41)44-33-42(38-18-11-8-12-19-38)32-43(34-44)46-21-15-22-51-53(46)58-54(47-20-13-14-23-52(47)60)59(51)50-29-26-40(35-48(50)56(4,5)6)37-16-9-7-10-17-37/h7-36,60H,1-6H3/i1D3,2D3,3D3. The summed E-state index contributed by atoms with van der Waals surface area (Å²) >= 11 is 0. The van der Waals surface area contributed by atoms with Gasteiger partial charge in [-0.2, -0.15) is 0 Å². The molecule has 0 atom stereocenters. The predicted octanol–water partition coefficient (Wildman–Crippen LogP) is 14.7. The lowest BCUT2D eigenvalue weighted by molar-refractivity contribution is 0.477. The van der Waals surface area contributed by atoms with Gasteiger partial charge in [0.2, 0.25) is 0 Å². The number of fused-ring (bicyclic) bond motifs is 1. The summed E-state index contributed by atoms with van der Waals surface area (Å²) in [5, 5.41) is 11.4. The maximum absolute atomic E-state index is 11.4. The Labute approximate surface area is 366 Å². The second kappa shape index (κ2) is 15.3. The minimum absolute atomic E-state index is 0.105. The average Bonchev–Trinajstić information content (AvgIpc) is 3.70. The van der Waals surface area contributed by atoms with Gasteiger partial charge in [-0.3, -0.25) is 9.55 Å². The molecule has 9 aromatic rings. The molecule has 2 heterocycles. The van der Waals surface area contributed by atoms with Crippen molar-refractivity contribution in [1.82, 2.24) is 14.5 Å². The molecule has 294 valence electrons. The Morgan fingerprint density at radius 2 is 1.10 bits per heavy atom. The molecule has 0 amide bonds. The molecule has 60 heavy (non-hydrogen) atoms. The van der Waals surface area contributed by atoms with Gasteiger partial charge in [0.15, 0.2) is 0 Å². The average molecular weight is 789 g/mol. The number of phenols is 1. The fourth-order valence-corrected chi connectivity index (χ4v) is 7.97. The number of hydrogen-bond donors (Lipinski definition) is 1. The van der Waals surface area contributed by atoms with Crippen molar-refractivity contribution in [3.8, 4) is 78.6 Å². The van der Waals surface area contributed by atoms with Gasteiger partial charge in [0.1, 0.15) is 11.6 Å². The van der Waals surface area contributed by atoms with Crippen LogP contribution >= 0.6 is 0 Å². The number of para-hydroxylation sites is 2. The summed E-state index contributed by atoms with van der Waals surface area (Å²) in [6.45, 7) is -3.50. The minimum atomic E-state index is -3.37. The number of imidazole rings is 1. The smallest absolute Gasteiger partial charge is 0.149 e. The molecule has 4 heteroatoms. The lowest BCUT2D eigenvalue weighted by atomic mass is 9.83. The zero-order valence-electron chi connectivity index (χ0n) is 42.6. The van der Waals surface area contributed by atoms with Gasteiger partial charge in [-0.15, -0.1) is 0 Å². The van der Waals surface area contributed by atoms with Gasteiger partial charge < -0.3 is 5.11 Å². The van der Waals surface area contributed by atoms with E-state index in [4.69, 9.17) is 22.3 Å². The van der Waals surface area contributed by atoms with Crippen LogP contribution in [-0.2, 0) is 10.8 Å². The van der Waals surface area contributed by atoms with Gasteiger partial charge in [0, 0.05) is 29.7 Å².